The standard InChI is InChI=1S/C19H28N4OS2/c1-15(12-17-7-5-11-26-17)13-21-19(22-14-18(24)23(2)3)20-9-8-16-6-4-10-25-16/h4-7,10-11,15H,8-9,12-14H2,1-3H3,(H2,20,21,22). The van der Waals surface area contributed by atoms with E-state index >= 15 is 0 Å². The third kappa shape index (κ3) is 7.58. The number of carbonyl (C=O) groups is 1. The molecule has 0 fully saturated rings. The molecule has 1 amide bonds. The summed E-state index contributed by atoms with van der Waals surface area (Å²) in [4.78, 5) is 20.6. The maximum Gasteiger partial charge on any atom is 0.243 e. The molecule has 1 atom stereocenters. The molecule has 0 aromatic carbocycles. The van der Waals surface area contributed by atoms with E-state index in [0.29, 0.717) is 11.9 Å². The predicted octanol–water partition coefficient (Wildman–Crippen LogP) is 2.85. The van der Waals surface area contributed by atoms with Crippen LogP contribution >= 0.6 is 22.7 Å². The second-order valence-electron chi connectivity index (χ2n) is 6.48. The van der Waals surface area contributed by atoms with E-state index in [1.165, 1.54) is 9.75 Å². The van der Waals surface area contributed by atoms with Crippen LogP contribution in [0.25, 0.3) is 0 Å². The van der Waals surface area contributed by atoms with Gasteiger partial charge in [0.1, 0.15) is 6.54 Å². The van der Waals surface area contributed by atoms with Crippen LogP contribution in [0.5, 0.6) is 0 Å². The number of hydrogen-bond acceptors (Lipinski definition) is 4. The second-order valence-corrected chi connectivity index (χ2v) is 8.54. The maximum absolute atomic E-state index is 11.8. The molecule has 5 nitrogen and oxygen atoms in total. The van der Waals surface area contributed by atoms with Crippen molar-refractivity contribution in [1.82, 2.24) is 15.5 Å². The highest BCUT2D eigenvalue weighted by Crippen LogP contribution is 2.13. The van der Waals surface area contributed by atoms with E-state index in [9.17, 15) is 4.79 Å². The fourth-order valence-electron chi connectivity index (χ4n) is 2.34. The first kappa shape index (κ1) is 20.5. The van der Waals surface area contributed by atoms with Gasteiger partial charge in [0.15, 0.2) is 5.96 Å². The molecule has 0 aliphatic carbocycles. The van der Waals surface area contributed by atoms with Gasteiger partial charge in [0, 0.05) is 36.9 Å². The molecule has 2 aromatic rings. The minimum absolute atomic E-state index is 0.00371. The van der Waals surface area contributed by atoms with Gasteiger partial charge in [-0.1, -0.05) is 19.1 Å². The summed E-state index contributed by atoms with van der Waals surface area (Å²) in [6.07, 6.45) is 1.99. The van der Waals surface area contributed by atoms with Crippen LogP contribution in [-0.2, 0) is 17.6 Å². The minimum atomic E-state index is -0.00371. The number of aliphatic imine (C=N–C) groups is 1. The van der Waals surface area contributed by atoms with Crippen molar-refractivity contribution in [1.29, 1.82) is 0 Å². The van der Waals surface area contributed by atoms with E-state index in [-0.39, 0.29) is 12.5 Å². The minimum Gasteiger partial charge on any atom is -0.356 e. The zero-order valence-electron chi connectivity index (χ0n) is 15.7. The highest BCUT2D eigenvalue weighted by Gasteiger charge is 2.08. The van der Waals surface area contributed by atoms with Crippen LogP contribution < -0.4 is 10.6 Å². The molecule has 142 valence electrons. The maximum atomic E-state index is 11.8. The molecule has 0 saturated carbocycles. The SMILES string of the molecule is CC(CNC(=NCC(=O)N(C)C)NCCc1cccs1)Cc1cccs1. The lowest BCUT2D eigenvalue weighted by atomic mass is 10.1. The van der Waals surface area contributed by atoms with Crippen molar-refractivity contribution in [3.63, 3.8) is 0 Å². The van der Waals surface area contributed by atoms with Gasteiger partial charge in [0.25, 0.3) is 0 Å². The van der Waals surface area contributed by atoms with Gasteiger partial charge >= 0.3 is 0 Å². The van der Waals surface area contributed by atoms with Crippen LogP contribution in [0.1, 0.15) is 16.7 Å². The van der Waals surface area contributed by atoms with Crippen molar-refractivity contribution < 1.29 is 4.79 Å². The predicted molar refractivity (Wildman–Crippen MR) is 112 cm³/mol. The van der Waals surface area contributed by atoms with Crippen molar-refractivity contribution >= 4 is 34.5 Å². The van der Waals surface area contributed by atoms with E-state index in [1.807, 2.05) is 0 Å². The average Bonchev–Trinajstić information content (AvgIpc) is 3.30. The van der Waals surface area contributed by atoms with Crippen LogP contribution in [0, 0.1) is 5.92 Å². The Morgan fingerprint density at radius 3 is 2.46 bits per heavy atom. The Labute approximate surface area is 164 Å². The van der Waals surface area contributed by atoms with Crippen LogP contribution in [0.3, 0.4) is 0 Å². The number of likely N-dealkylation sites (N-methyl/N-ethyl adjacent to an activating group) is 1. The summed E-state index contributed by atoms with van der Waals surface area (Å²) in [5.74, 6) is 1.19. The van der Waals surface area contributed by atoms with E-state index in [4.69, 9.17) is 0 Å². The van der Waals surface area contributed by atoms with Crippen molar-refractivity contribution in [3.8, 4) is 0 Å². The van der Waals surface area contributed by atoms with Gasteiger partial charge in [-0.15, -0.1) is 22.7 Å². The zero-order valence-corrected chi connectivity index (χ0v) is 17.3. The van der Waals surface area contributed by atoms with Gasteiger partial charge in [0.05, 0.1) is 0 Å². The Kier molecular flexibility index (Phi) is 8.64. The number of nitrogens with one attached hydrogen (secondary N) is 2. The Morgan fingerprint density at radius 2 is 1.85 bits per heavy atom. The number of nitrogens with zero attached hydrogens (tertiary/aromatic N) is 2. The van der Waals surface area contributed by atoms with Crippen molar-refractivity contribution in [2.75, 3.05) is 33.7 Å². The summed E-state index contributed by atoms with van der Waals surface area (Å²) >= 11 is 3.55. The lowest BCUT2D eigenvalue weighted by molar-refractivity contribution is -0.127. The number of thiophene rings is 2. The molecule has 0 radical (unpaired) electrons. The molecule has 0 aliphatic rings. The number of rotatable bonds is 9. The molecule has 7 heteroatoms. The smallest absolute Gasteiger partial charge is 0.243 e. The highest BCUT2D eigenvalue weighted by molar-refractivity contribution is 7.10. The van der Waals surface area contributed by atoms with Gasteiger partial charge in [-0.3, -0.25) is 4.79 Å². The Morgan fingerprint density at radius 1 is 1.15 bits per heavy atom. The van der Waals surface area contributed by atoms with Crippen molar-refractivity contribution in [2.45, 2.75) is 19.8 Å². The van der Waals surface area contributed by atoms with Crippen LogP contribution in [0.2, 0.25) is 0 Å². The molecule has 0 aliphatic heterocycles. The van der Waals surface area contributed by atoms with Gasteiger partial charge in [-0.25, -0.2) is 4.99 Å². The summed E-state index contributed by atoms with van der Waals surface area (Å²) < 4.78 is 0. The van der Waals surface area contributed by atoms with Crippen LogP contribution in [0.4, 0.5) is 0 Å². The quantitative estimate of drug-likeness (QED) is 0.510. The third-order valence-corrected chi connectivity index (χ3v) is 5.70. The molecule has 2 N–H and O–H groups in total. The third-order valence-electron chi connectivity index (χ3n) is 3.86. The van der Waals surface area contributed by atoms with Crippen molar-refractivity contribution in [3.05, 3.63) is 44.8 Å². The van der Waals surface area contributed by atoms with Gasteiger partial charge in [-0.05, 0) is 41.7 Å². The fourth-order valence-corrected chi connectivity index (χ4v) is 3.92. The summed E-state index contributed by atoms with van der Waals surface area (Å²) in [7, 11) is 3.50. The molecular formula is C19H28N4OS2. The summed E-state index contributed by atoms with van der Waals surface area (Å²) in [6, 6.07) is 8.46. The normalized spacial score (nSPS) is 12.7. The molecule has 2 rings (SSSR count). The molecule has 0 bridgehead atoms. The Balaban J connectivity index is 1.84. The van der Waals surface area contributed by atoms with E-state index in [1.54, 1.807) is 41.7 Å². The number of carbonyl (C=O) groups excluding carboxylic acids is 1. The lowest BCUT2D eigenvalue weighted by Crippen LogP contribution is -2.41. The van der Waals surface area contributed by atoms with Gasteiger partial charge in [0.2, 0.25) is 5.91 Å². The Bertz CT molecular complexity index is 666. The first-order valence-corrected chi connectivity index (χ1v) is 10.6. The molecule has 0 saturated heterocycles. The topological polar surface area (TPSA) is 56.7 Å². The molecule has 0 spiro atoms. The van der Waals surface area contributed by atoms with Gasteiger partial charge in [-0.2, -0.15) is 0 Å². The first-order valence-electron chi connectivity index (χ1n) is 8.81. The van der Waals surface area contributed by atoms with Crippen LogP contribution in [0.15, 0.2) is 40.0 Å². The Hall–Kier alpha value is -1.86. The molecule has 2 heterocycles. The summed E-state index contributed by atoms with van der Waals surface area (Å²) in [5.41, 5.74) is 0. The molecule has 1 unspecified atom stereocenters. The van der Waals surface area contributed by atoms with Crippen molar-refractivity contribution in [2.24, 2.45) is 10.9 Å². The van der Waals surface area contributed by atoms with E-state index in [2.05, 4.69) is 57.6 Å². The molecular weight excluding hydrogens is 364 g/mol. The number of guanidine groups is 1. The number of amides is 1. The monoisotopic (exact) mass is 392 g/mol. The van der Waals surface area contributed by atoms with E-state index < -0.39 is 0 Å². The summed E-state index contributed by atoms with van der Waals surface area (Å²) in [5, 5.41) is 10.9. The zero-order chi connectivity index (χ0) is 18.8. The van der Waals surface area contributed by atoms with Crippen LogP contribution in [-0.4, -0.2) is 50.5 Å². The number of hydrogen-bond donors (Lipinski definition) is 2. The highest BCUT2D eigenvalue weighted by atomic mass is 32.1. The second kappa shape index (κ2) is 11.0. The summed E-state index contributed by atoms with van der Waals surface area (Å²) in [6.45, 7) is 3.99. The first-order chi connectivity index (χ1) is 12.5. The molecule has 2 aromatic heterocycles. The lowest BCUT2D eigenvalue weighted by Gasteiger charge is -2.16. The van der Waals surface area contributed by atoms with E-state index in [0.717, 1.165) is 25.9 Å². The van der Waals surface area contributed by atoms with Gasteiger partial charge < -0.3 is 15.5 Å². The average molecular weight is 393 g/mol. The largest absolute Gasteiger partial charge is 0.356 e. The molecule has 26 heavy (non-hydrogen) atoms. The fraction of sp³-hybridized carbons (Fsp3) is 0.474.